The highest BCUT2D eigenvalue weighted by Gasteiger charge is 2.13. The summed E-state index contributed by atoms with van der Waals surface area (Å²) in [4.78, 5) is -0.0210. The summed E-state index contributed by atoms with van der Waals surface area (Å²) in [5, 5.41) is 0. The van der Waals surface area contributed by atoms with Gasteiger partial charge in [-0.1, -0.05) is 6.92 Å². The molecule has 0 N–H and O–H groups in total. The first-order chi connectivity index (χ1) is 6.56. The minimum Gasteiger partial charge on any atom is -0.266 e. The van der Waals surface area contributed by atoms with Crippen molar-refractivity contribution in [1.82, 2.24) is 0 Å². The summed E-state index contributed by atoms with van der Waals surface area (Å²) in [5.41, 5.74) is 0. The number of benzene rings is 1. The largest absolute Gasteiger partial charge is 0.296 e. The van der Waals surface area contributed by atoms with Crippen molar-refractivity contribution in [1.29, 1.82) is 0 Å². The lowest BCUT2D eigenvalue weighted by atomic mass is 10.4. The van der Waals surface area contributed by atoms with E-state index >= 15 is 0 Å². The Morgan fingerprint density at radius 2 is 1.86 bits per heavy atom. The fourth-order valence-corrected chi connectivity index (χ4v) is 1.85. The molecule has 0 aliphatic carbocycles. The Labute approximate surface area is 82.6 Å². The lowest BCUT2D eigenvalue weighted by Gasteiger charge is -2.03. The molecule has 0 saturated heterocycles. The molecule has 0 aliphatic rings. The molecule has 3 nitrogen and oxygen atoms in total. The molecule has 0 atom stereocenters. The molecule has 1 rings (SSSR count). The number of hydrogen-bond donors (Lipinski definition) is 0. The molecule has 0 saturated carbocycles. The predicted molar refractivity (Wildman–Crippen MR) is 49.8 cm³/mol. The van der Waals surface area contributed by atoms with Crippen molar-refractivity contribution in [3.63, 3.8) is 0 Å². The quantitative estimate of drug-likeness (QED) is 0.725. The topological polar surface area (TPSA) is 43.4 Å². The standard InChI is InChI=1S/C9H11FO3S/c1-2-7-13-14(11,12)9-5-3-8(10)4-6-9/h3-6H,2,7H2,1H3. The van der Waals surface area contributed by atoms with E-state index < -0.39 is 15.9 Å². The van der Waals surface area contributed by atoms with Gasteiger partial charge in [0.15, 0.2) is 0 Å². The number of hydrogen-bond acceptors (Lipinski definition) is 3. The normalized spacial score (nSPS) is 11.6. The minimum absolute atomic E-state index is 0.0210. The summed E-state index contributed by atoms with van der Waals surface area (Å²) in [5.74, 6) is -0.473. The first-order valence-corrected chi connectivity index (χ1v) is 5.62. The van der Waals surface area contributed by atoms with Crippen LogP contribution < -0.4 is 0 Å². The van der Waals surface area contributed by atoms with Gasteiger partial charge < -0.3 is 0 Å². The van der Waals surface area contributed by atoms with Gasteiger partial charge in [0.05, 0.1) is 11.5 Å². The number of rotatable bonds is 4. The zero-order chi connectivity index (χ0) is 10.6. The highest BCUT2D eigenvalue weighted by molar-refractivity contribution is 7.86. The Balaban J connectivity index is 2.87. The first kappa shape index (κ1) is 11.1. The maximum Gasteiger partial charge on any atom is 0.296 e. The fraction of sp³-hybridized carbons (Fsp3) is 0.333. The van der Waals surface area contributed by atoms with Crippen molar-refractivity contribution in [2.75, 3.05) is 6.61 Å². The SMILES string of the molecule is CCCOS(=O)(=O)c1ccc(F)cc1. The molecule has 1 aromatic rings. The van der Waals surface area contributed by atoms with Crippen LogP contribution in [0.1, 0.15) is 13.3 Å². The van der Waals surface area contributed by atoms with Crippen LogP contribution in [-0.2, 0) is 14.3 Å². The third-order valence-corrected chi connectivity index (χ3v) is 2.87. The third-order valence-electron chi connectivity index (χ3n) is 1.54. The van der Waals surface area contributed by atoms with Gasteiger partial charge in [-0.3, -0.25) is 4.18 Å². The summed E-state index contributed by atoms with van der Waals surface area (Å²) >= 11 is 0. The Bertz CT molecular complexity index is 383. The second kappa shape index (κ2) is 4.52. The highest BCUT2D eigenvalue weighted by atomic mass is 32.2. The number of halogens is 1. The molecule has 78 valence electrons. The third kappa shape index (κ3) is 2.78. The van der Waals surface area contributed by atoms with Gasteiger partial charge in [-0.05, 0) is 30.7 Å². The Morgan fingerprint density at radius 1 is 1.29 bits per heavy atom. The van der Waals surface area contributed by atoms with E-state index in [2.05, 4.69) is 4.18 Å². The van der Waals surface area contributed by atoms with Gasteiger partial charge in [-0.2, -0.15) is 8.42 Å². The summed E-state index contributed by atoms with van der Waals surface area (Å²) in [6.45, 7) is 1.94. The van der Waals surface area contributed by atoms with Crippen LogP contribution in [0, 0.1) is 5.82 Å². The van der Waals surface area contributed by atoms with E-state index in [-0.39, 0.29) is 11.5 Å². The van der Waals surface area contributed by atoms with Crippen molar-refractivity contribution in [3.8, 4) is 0 Å². The van der Waals surface area contributed by atoms with E-state index in [1.54, 1.807) is 6.92 Å². The Hall–Kier alpha value is -0.940. The van der Waals surface area contributed by atoms with Crippen molar-refractivity contribution >= 4 is 10.1 Å². The van der Waals surface area contributed by atoms with Gasteiger partial charge in [0.2, 0.25) is 0 Å². The molecule has 5 heteroatoms. The fourth-order valence-electron chi connectivity index (χ4n) is 0.862. The van der Waals surface area contributed by atoms with Crippen LogP contribution in [0.25, 0.3) is 0 Å². The zero-order valence-electron chi connectivity index (χ0n) is 7.73. The van der Waals surface area contributed by atoms with Crippen LogP contribution in [0.4, 0.5) is 4.39 Å². The van der Waals surface area contributed by atoms with Crippen LogP contribution in [-0.4, -0.2) is 15.0 Å². The molecular formula is C9H11FO3S. The lowest BCUT2D eigenvalue weighted by molar-refractivity contribution is 0.318. The molecule has 14 heavy (non-hydrogen) atoms. The maximum absolute atomic E-state index is 12.5. The predicted octanol–water partition coefficient (Wildman–Crippen LogP) is 1.94. The first-order valence-electron chi connectivity index (χ1n) is 4.21. The second-order valence-corrected chi connectivity index (χ2v) is 4.35. The summed E-state index contributed by atoms with van der Waals surface area (Å²) in [6, 6.07) is 4.53. The summed E-state index contributed by atoms with van der Waals surface area (Å²) in [7, 11) is -3.71. The van der Waals surface area contributed by atoms with Crippen LogP contribution in [0.5, 0.6) is 0 Å². The van der Waals surface area contributed by atoms with Crippen LogP contribution in [0.15, 0.2) is 29.2 Å². The molecule has 0 amide bonds. The maximum atomic E-state index is 12.5. The van der Waals surface area contributed by atoms with Crippen molar-refractivity contribution < 1.29 is 17.0 Å². The highest BCUT2D eigenvalue weighted by Crippen LogP contribution is 2.12. The Kier molecular flexibility index (Phi) is 3.60. The summed E-state index contributed by atoms with van der Waals surface area (Å²) in [6.07, 6.45) is 0.612. The van der Waals surface area contributed by atoms with Crippen molar-refractivity contribution in [2.45, 2.75) is 18.2 Å². The second-order valence-electron chi connectivity index (χ2n) is 2.73. The van der Waals surface area contributed by atoms with E-state index in [1.807, 2.05) is 0 Å². The Morgan fingerprint density at radius 3 is 2.36 bits per heavy atom. The lowest BCUT2D eigenvalue weighted by Crippen LogP contribution is -2.06. The van der Waals surface area contributed by atoms with Gasteiger partial charge in [0.25, 0.3) is 10.1 Å². The molecule has 0 aliphatic heterocycles. The van der Waals surface area contributed by atoms with Crippen LogP contribution in [0.2, 0.25) is 0 Å². The molecule has 0 aromatic heterocycles. The van der Waals surface area contributed by atoms with Gasteiger partial charge >= 0.3 is 0 Å². The molecule has 0 bridgehead atoms. The average molecular weight is 218 g/mol. The summed E-state index contributed by atoms with van der Waals surface area (Å²) < 4.78 is 39.9. The zero-order valence-corrected chi connectivity index (χ0v) is 8.55. The van der Waals surface area contributed by atoms with Gasteiger partial charge in [0.1, 0.15) is 5.82 Å². The minimum atomic E-state index is -3.71. The van der Waals surface area contributed by atoms with Gasteiger partial charge in [0, 0.05) is 0 Å². The molecule has 0 heterocycles. The van der Waals surface area contributed by atoms with E-state index in [1.165, 1.54) is 12.1 Å². The van der Waals surface area contributed by atoms with E-state index in [0.29, 0.717) is 6.42 Å². The van der Waals surface area contributed by atoms with E-state index in [4.69, 9.17) is 0 Å². The van der Waals surface area contributed by atoms with Crippen LogP contribution in [0.3, 0.4) is 0 Å². The van der Waals surface area contributed by atoms with Gasteiger partial charge in [-0.15, -0.1) is 0 Å². The van der Waals surface area contributed by atoms with E-state index in [9.17, 15) is 12.8 Å². The molecule has 0 fully saturated rings. The average Bonchev–Trinajstić information content (AvgIpc) is 2.16. The van der Waals surface area contributed by atoms with Crippen molar-refractivity contribution in [3.05, 3.63) is 30.1 Å². The molecule has 0 spiro atoms. The smallest absolute Gasteiger partial charge is 0.266 e. The molecule has 1 aromatic carbocycles. The van der Waals surface area contributed by atoms with Crippen molar-refractivity contribution in [2.24, 2.45) is 0 Å². The van der Waals surface area contributed by atoms with Crippen LogP contribution >= 0.6 is 0 Å². The molecule has 0 unspecified atom stereocenters. The molecular weight excluding hydrogens is 207 g/mol. The monoisotopic (exact) mass is 218 g/mol. The molecule has 0 radical (unpaired) electrons. The van der Waals surface area contributed by atoms with E-state index in [0.717, 1.165) is 12.1 Å². The van der Waals surface area contributed by atoms with Gasteiger partial charge in [-0.25, -0.2) is 4.39 Å².